The summed E-state index contributed by atoms with van der Waals surface area (Å²) in [6, 6.07) is 18.8. The van der Waals surface area contributed by atoms with E-state index in [-0.39, 0.29) is 11.7 Å². The second-order valence-corrected chi connectivity index (χ2v) is 7.13. The van der Waals surface area contributed by atoms with Crippen molar-refractivity contribution < 1.29 is 9.21 Å². The monoisotopic (exact) mass is 380 g/mol. The molecule has 1 saturated heterocycles. The van der Waals surface area contributed by atoms with E-state index in [1.807, 2.05) is 36.4 Å². The minimum absolute atomic E-state index is 0.257. The molecule has 2 heterocycles. The Bertz CT molecular complexity index is 945. The van der Waals surface area contributed by atoms with Crippen molar-refractivity contribution in [2.45, 2.75) is 19.3 Å². The summed E-state index contributed by atoms with van der Waals surface area (Å²) in [6.07, 6.45) is 3.64. The Kier molecular flexibility index (Phi) is 5.16. The molecule has 0 aliphatic carbocycles. The summed E-state index contributed by atoms with van der Waals surface area (Å²) in [5.74, 6) is 0.637. The molecule has 1 aliphatic heterocycles. The van der Waals surface area contributed by atoms with E-state index in [9.17, 15) is 4.79 Å². The van der Waals surface area contributed by atoms with Crippen LogP contribution in [0.5, 0.6) is 0 Å². The molecular formula is C22H21ClN2O2. The third-order valence-corrected chi connectivity index (χ3v) is 5.02. The van der Waals surface area contributed by atoms with Crippen LogP contribution in [-0.4, -0.2) is 19.0 Å². The highest BCUT2D eigenvalue weighted by atomic mass is 35.5. The van der Waals surface area contributed by atoms with Crippen molar-refractivity contribution in [3.63, 3.8) is 0 Å². The molecule has 4 nitrogen and oxygen atoms in total. The van der Waals surface area contributed by atoms with Gasteiger partial charge in [0.1, 0.15) is 5.76 Å². The number of piperidine rings is 1. The SMILES string of the molecule is O=C(Nc1ccccc1N1CCCCC1)c1ccc(-c2cccc(Cl)c2)o1. The van der Waals surface area contributed by atoms with Crippen molar-refractivity contribution in [1.29, 1.82) is 0 Å². The Balaban J connectivity index is 1.53. The molecule has 2 aromatic carbocycles. The fourth-order valence-corrected chi connectivity index (χ4v) is 3.62. The number of benzene rings is 2. The number of hydrogen-bond donors (Lipinski definition) is 1. The Morgan fingerprint density at radius 2 is 1.78 bits per heavy atom. The number of furan rings is 1. The highest BCUT2D eigenvalue weighted by Gasteiger charge is 2.18. The summed E-state index contributed by atoms with van der Waals surface area (Å²) >= 11 is 6.04. The van der Waals surface area contributed by atoms with E-state index in [1.165, 1.54) is 19.3 Å². The van der Waals surface area contributed by atoms with E-state index in [0.717, 1.165) is 30.0 Å². The van der Waals surface area contributed by atoms with Crippen LogP contribution in [0.4, 0.5) is 11.4 Å². The molecule has 27 heavy (non-hydrogen) atoms. The molecule has 0 spiro atoms. The molecule has 1 aliphatic rings. The van der Waals surface area contributed by atoms with Crippen LogP contribution in [0.25, 0.3) is 11.3 Å². The average Bonchev–Trinajstić information content (AvgIpc) is 3.20. The van der Waals surface area contributed by atoms with Crippen LogP contribution in [0.15, 0.2) is 65.1 Å². The summed E-state index contributed by atoms with van der Waals surface area (Å²) in [4.78, 5) is 15.0. The van der Waals surface area contributed by atoms with E-state index in [1.54, 1.807) is 18.2 Å². The minimum atomic E-state index is -0.257. The van der Waals surface area contributed by atoms with Gasteiger partial charge in [0, 0.05) is 23.7 Å². The van der Waals surface area contributed by atoms with Gasteiger partial charge in [-0.2, -0.15) is 0 Å². The summed E-state index contributed by atoms with van der Waals surface area (Å²) in [6.45, 7) is 2.04. The third kappa shape index (κ3) is 4.01. The van der Waals surface area contributed by atoms with Gasteiger partial charge in [-0.25, -0.2) is 0 Å². The quantitative estimate of drug-likeness (QED) is 0.618. The number of anilines is 2. The zero-order valence-electron chi connectivity index (χ0n) is 15.0. The molecule has 0 radical (unpaired) electrons. The van der Waals surface area contributed by atoms with Gasteiger partial charge in [0.25, 0.3) is 5.91 Å². The number of amides is 1. The van der Waals surface area contributed by atoms with Gasteiger partial charge >= 0.3 is 0 Å². The minimum Gasteiger partial charge on any atom is -0.451 e. The summed E-state index contributed by atoms with van der Waals surface area (Å²) in [5.41, 5.74) is 2.72. The predicted octanol–water partition coefficient (Wildman–Crippen LogP) is 5.84. The first-order chi connectivity index (χ1) is 13.2. The van der Waals surface area contributed by atoms with E-state index >= 15 is 0 Å². The Labute approximate surface area is 163 Å². The van der Waals surface area contributed by atoms with Gasteiger partial charge in [-0.05, 0) is 55.7 Å². The van der Waals surface area contributed by atoms with E-state index in [0.29, 0.717) is 10.8 Å². The second kappa shape index (κ2) is 7.89. The van der Waals surface area contributed by atoms with Crippen LogP contribution in [0.3, 0.4) is 0 Å². The molecule has 0 atom stereocenters. The molecule has 1 fully saturated rings. The maximum absolute atomic E-state index is 12.7. The van der Waals surface area contributed by atoms with Crippen LogP contribution in [-0.2, 0) is 0 Å². The van der Waals surface area contributed by atoms with Gasteiger partial charge in [0.05, 0.1) is 11.4 Å². The number of rotatable bonds is 4. The Hall–Kier alpha value is -2.72. The second-order valence-electron chi connectivity index (χ2n) is 6.69. The van der Waals surface area contributed by atoms with Gasteiger partial charge in [-0.3, -0.25) is 4.79 Å². The summed E-state index contributed by atoms with van der Waals surface area (Å²) < 4.78 is 5.76. The molecule has 5 heteroatoms. The predicted molar refractivity (Wildman–Crippen MR) is 110 cm³/mol. The number of nitrogens with one attached hydrogen (secondary N) is 1. The highest BCUT2D eigenvalue weighted by Crippen LogP contribution is 2.29. The van der Waals surface area contributed by atoms with E-state index < -0.39 is 0 Å². The van der Waals surface area contributed by atoms with Crippen molar-refractivity contribution >= 4 is 28.9 Å². The van der Waals surface area contributed by atoms with Crippen LogP contribution in [0.2, 0.25) is 5.02 Å². The molecule has 0 bridgehead atoms. The van der Waals surface area contributed by atoms with Crippen molar-refractivity contribution in [2.24, 2.45) is 0 Å². The topological polar surface area (TPSA) is 45.5 Å². The number of carbonyl (C=O) groups excluding carboxylic acids is 1. The molecule has 138 valence electrons. The normalized spacial score (nSPS) is 14.2. The van der Waals surface area contributed by atoms with Crippen molar-refractivity contribution in [2.75, 3.05) is 23.3 Å². The number of halogens is 1. The smallest absolute Gasteiger partial charge is 0.291 e. The lowest BCUT2D eigenvalue weighted by atomic mass is 10.1. The van der Waals surface area contributed by atoms with Crippen molar-refractivity contribution in [3.8, 4) is 11.3 Å². The lowest BCUT2D eigenvalue weighted by Gasteiger charge is -2.30. The molecule has 3 aromatic rings. The third-order valence-electron chi connectivity index (χ3n) is 4.79. The number of carbonyl (C=O) groups is 1. The van der Waals surface area contributed by atoms with Crippen LogP contribution < -0.4 is 10.2 Å². The zero-order chi connectivity index (χ0) is 18.6. The van der Waals surface area contributed by atoms with Gasteiger partial charge < -0.3 is 14.6 Å². The molecule has 0 unspecified atom stereocenters. The number of nitrogens with zero attached hydrogens (tertiary/aromatic N) is 1. The average molecular weight is 381 g/mol. The van der Waals surface area contributed by atoms with Crippen LogP contribution in [0, 0.1) is 0 Å². The first-order valence-electron chi connectivity index (χ1n) is 9.22. The Morgan fingerprint density at radius 1 is 0.963 bits per heavy atom. The van der Waals surface area contributed by atoms with Gasteiger partial charge in [-0.15, -0.1) is 0 Å². The summed E-state index contributed by atoms with van der Waals surface area (Å²) in [5, 5.41) is 3.63. The van der Waals surface area contributed by atoms with Crippen LogP contribution >= 0.6 is 11.6 Å². The summed E-state index contributed by atoms with van der Waals surface area (Å²) in [7, 11) is 0. The van der Waals surface area contributed by atoms with Crippen molar-refractivity contribution in [1.82, 2.24) is 0 Å². The fourth-order valence-electron chi connectivity index (χ4n) is 3.43. The fraction of sp³-hybridized carbons (Fsp3) is 0.227. The Morgan fingerprint density at radius 3 is 2.59 bits per heavy atom. The molecular weight excluding hydrogens is 360 g/mol. The maximum atomic E-state index is 12.7. The molecule has 1 aromatic heterocycles. The van der Waals surface area contributed by atoms with E-state index in [2.05, 4.69) is 16.3 Å². The first-order valence-corrected chi connectivity index (χ1v) is 9.59. The van der Waals surface area contributed by atoms with E-state index in [4.69, 9.17) is 16.0 Å². The van der Waals surface area contributed by atoms with Crippen molar-refractivity contribution in [3.05, 3.63) is 71.4 Å². The number of para-hydroxylation sites is 2. The molecule has 4 rings (SSSR count). The highest BCUT2D eigenvalue weighted by molar-refractivity contribution is 6.30. The lowest BCUT2D eigenvalue weighted by molar-refractivity contribution is 0.0997. The molecule has 1 amide bonds. The molecule has 0 saturated carbocycles. The van der Waals surface area contributed by atoms with Crippen LogP contribution in [0.1, 0.15) is 29.8 Å². The van der Waals surface area contributed by atoms with Gasteiger partial charge in [-0.1, -0.05) is 35.9 Å². The standard InChI is InChI=1S/C22H21ClN2O2/c23-17-8-6-7-16(15-17)20-11-12-21(27-20)22(26)24-18-9-2-3-10-19(18)25-13-4-1-5-14-25/h2-3,6-12,15H,1,4-5,13-14H2,(H,24,26). The maximum Gasteiger partial charge on any atom is 0.291 e. The number of hydrogen-bond acceptors (Lipinski definition) is 3. The first kappa shape index (κ1) is 17.7. The van der Waals surface area contributed by atoms with Gasteiger partial charge in [0.2, 0.25) is 0 Å². The van der Waals surface area contributed by atoms with Gasteiger partial charge in [0.15, 0.2) is 5.76 Å². The zero-order valence-corrected chi connectivity index (χ0v) is 15.7. The largest absolute Gasteiger partial charge is 0.451 e. The lowest BCUT2D eigenvalue weighted by Crippen LogP contribution is -2.30. The molecule has 1 N–H and O–H groups in total.